The van der Waals surface area contributed by atoms with Crippen LogP contribution in [0.15, 0.2) is 54.6 Å². The third-order valence-electron chi connectivity index (χ3n) is 4.80. The van der Waals surface area contributed by atoms with E-state index < -0.39 is 11.5 Å². The number of nitrogens with zero attached hydrogens (tertiary/aromatic N) is 1. The number of carbonyl (C=O) groups is 2. The molecule has 1 aliphatic carbocycles. The lowest BCUT2D eigenvalue weighted by molar-refractivity contribution is -0.144. The molecule has 1 aliphatic rings. The van der Waals surface area contributed by atoms with Crippen LogP contribution in [0.4, 0.5) is 5.69 Å². The number of aliphatic carboxylic acids is 1. The number of amides is 1. The van der Waals surface area contributed by atoms with Crippen LogP contribution in [-0.4, -0.2) is 22.5 Å². The second-order valence-electron chi connectivity index (χ2n) is 6.38. The number of rotatable bonds is 4. The molecule has 1 amide bonds. The molecule has 0 saturated heterocycles. The topological polar surface area (TPSA) is 57.6 Å². The maximum absolute atomic E-state index is 13.3. The number of carboxylic acids is 1. The standard InChI is InChI=1S/C20H20ClNO3/c21-16-9-7-8-15(14-16)18(23)22(17-10-3-1-4-11-17)20(19(24)25)12-5-2-6-13-20/h1,3-4,7-11,14H,2,5-6,12-13H2,(H,24,25). The first-order valence-corrected chi connectivity index (χ1v) is 8.81. The van der Waals surface area contributed by atoms with Crippen molar-refractivity contribution in [3.63, 3.8) is 0 Å². The Bertz CT molecular complexity index is 770. The monoisotopic (exact) mass is 357 g/mol. The molecule has 0 aromatic heterocycles. The van der Waals surface area contributed by atoms with E-state index in [1.807, 2.05) is 18.2 Å². The predicted octanol–water partition coefficient (Wildman–Crippen LogP) is 4.77. The molecule has 0 spiro atoms. The average Bonchev–Trinajstić information content (AvgIpc) is 2.63. The van der Waals surface area contributed by atoms with Crippen molar-refractivity contribution in [2.75, 3.05) is 4.90 Å². The highest BCUT2D eigenvalue weighted by molar-refractivity contribution is 6.31. The van der Waals surface area contributed by atoms with E-state index in [9.17, 15) is 14.7 Å². The molecule has 2 aromatic rings. The largest absolute Gasteiger partial charge is 0.479 e. The van der Waals surface area contributed by atoms with Crippen molar-refractivity contribution in [1.29, 1.82) is 0 Å². The number of anilines is 1. The summed E-state index contributed by atoms with van der Waals surface area (Å²) in [5.74, 6) is -1.29. The highest BCUT2D eigenvalue weighted by Crippen LogP contribution is 2.38. The third-order valence-corrected chi connectivity index (χ3v) is 5.03. The van der Waals surface area contributed by atoms with Gasteiger partial charge in [-0.15, -0.1) is 0 Å². The first-order valence-electron chi connectivity index (χ1n) is 8.43. The third kappa shape index (κ3) is 3.40. The molecule has 0 atom stereocenters. The summed E-state index contributed by atoms with van der Waals surface area (Å²) in [6, 6.07) is 15.7. The van der Waals surface area contributed by atoms with E-state index in [0.29, 0.717) is 29.1 Å². The van der Waals surface area contributed by atoms with Gasteiger partial charge in [-0.05, 0) is 43.2 Å². The molecule has 25 heavy (non-hydrogen) atoms. The van der Waals surface area contributed by atoms with Gasteiger partial charge in [0, 0.05) is 16.3 Å². The van der Waals surface area contributed by atoms with Crippen molar-refractivity contribution in [2.24, 2.45) is 0 Å². The molecule has 0 unspecified atom stereocenters. The molecule has 5 heteroatoms. The van der Waals surface area contributed by atoms with Gasteiger partial charge in [0.25, 0.3) is 5.91 Å². The van der Waals surface area contributed by atoms with Crippen molar-refractivity contribution in [3.05, 3.63) is 65.2 Å². The number of carbonyl (C=O) groups excluding carboxylic acids is 1. The second-order valence-corrected chi connectivity index (χ2v) is 6.82. The molecule has 0 radical (unpaired) electrons. The van der Waals surface area contributed by atoms with E-state index in [4.69, 9.17) is 11.6 Å². The lowest BCUT2D eigenvalue weighted by atomic mass is 9.79. The molecule has 0 bridgehead atoms. The Morgan fingerprint density at radius 1 is 0.960 bits per heavy atom. The van der Waals surface area contributed by atoms with E-state index >= 15 is 0 Å². The minimum atomic E-state index is -1.22. The van der Waals surface area contributed by atoms with E-state index in [1.54, 1.807) is 36.4 Å². The summed E-state index contributed by atoms with van der Waals surface area (Å²) in [6.07, 6.45) is 3.47. The fraction of sp³-hybridized carbons (Fsp3) is 0.300. The summed E-state index contributed by atoms with van der Waals surface area (Å²) in [7, 11) is 0. The van der Waals surface area contributed by atoms with Gasteiger partial charge >= 0.3 is 5.97 Å². The van der Waals surface area contributed by atoms with Gasteiger partial charge in [0.1, 0.15) is 5.54 Å². The van der Waals surface area contributed by atoms with Crippen molar-refractivity contribution in [2.45, 2.75) is 37.6 Å². The molecule has 130 valence electrons. The lowest BCUT2D eigenvalue weighted by Gasteiger charge is -2.43. The summed E-state index contributed by atoms with van der Waals surface area (Å²) in [4.78, 5) is 27.0. The zero-order chi connectivity index (χ0) is 17.9. The highest BCUT2D eigenvalue weighted by Gasteiger charge is 2.48. The summed E-state index contributed by atoms with van der Waals surface area (Å²) in [6.45, 7) is 0. The number of hydrogen-bond donors (Lipinski definition) is 1. The minimum Gasteiger partial charge on any atom is -0.479 e. The van der Waals surface area contributed by atoms with Gasteiger partial charge < -0.3 is 5.11 Å². The number of para-hydroxylation sites is 1. The summed E-state index contributed by atoms with van der Waals surface area (Å²) >= 11 is 6.04. The van der Waals surface area contributed by atoms with Crippen LogP contribution in [0.3, 0.4) is 0 Å². The number of carboxylic acid groups (broad SMARTS) is 1. The Balaban J connectivity index is 2.12. The number of halogens is 1. The van der Waals surface area contributed by atoms with Crippen LogP contribution in [0, 0.1) is 0 Å². The highest BCUT2D eigenvalue weighted by atomic mass is 35.5. The van der Waals surface area contributed by atoms with Crippen LogP contribution < -0.4 is 4.90 Å². The van der Waals surface area contributed by atoms with Crippen molar-refractivity contribution in [3.8, 4) is 0 Å². The smallest absolute Gasteiger partial charge is 0.330 e. The van der Waals surface area contributed by atoms with E-state index in [0.717, 1.165) is 19.3 Å². The van der Waals surface area contributed by atoms with Crippen molar-refractivity contribution in [1.82, 2.24) is 0 Å². The SMILES string of the molecule is O=C(c1cccc(Cl)c1)N(c1ccccc1)C1(C(=O)O)CCCCC1. The number of benzene rings is 2. The van der Waals surface area contributed by atoms with Gasteiger partial charge in [0.2, 0.25) is 0 Å². The molecule has 2 aromatic carbocycles. The second kappa shape index (κ2) is 7.28. The Labute approximate surface area is 152 Å². The molecule has 0 heterocycles. The Morgan fingerprint density at radius 3 is 2.24 bits per heavy atom. The molecule has 1 saturated carbocycles. The predicted molar refractivity (Wildman–Crippen MR) is 98.2 cm³/mol. The molecular weight excluding hydrogens is 338 g/mol. The zero-order valence-electron chi connectivity index (χ0n) is 13.8. The first-order chi connectivity index (χ1) is 12.0. The van der Waals surface area contributed by atoms with Crippen molar-refractivity contribution >= 4 is 29.2 Å². The zero-order valence-corrected chi connectivity index (χ0v) is 14.6. The maximum Gasteiger partial charge on any atom is 0.330 e. The van der Waals surface area contributed by atoms with Crippen LogP contribution in [0.25, 0.3) is 0 Å². The Morgan fingerprint density at radius 2 is 1.64 bits per heavy atom. The van der Waals surface area contributed by atoms with Gasteiger partial charge in [-0.2, -0.15) is 0 Å². The van der Waals surface area contributed by atoms with Gasteiger partial charge in [-0.3, -0.25) is 9.69 Å². The normalized spacial score (nSPS) is 16.2. The van der Waals surface area contributed by atoms with E-state index in [-0.39, 0.29) is 5.91 Å². The van der Waals surface area contributed by atoms with Gasteiger partial charge in [-0.1, -0.05) is 55.1 Å². The maximum atomic E-state index is 13.3. The van der Waals surface area contributed by atoms with Gasteiger partial charge in [0.05, 0.1) is 0 Å². The average molecular weight is 358 g/mol. The minimum absolute atomic E-state index is 0.335. The summed E-state index contributed by atoms with van der Waals surface area (Å²) in [5, 5.41) is 10.5. The molecule has 3 rings (SSSR count). The fourth-order valence-corrected chi connectivity index (χ4v) is 3.75. The molecule has 1 N–H and O–H groups in total. The molecule has 1 fully saturated rings. The first kappa shape index (κ1) is 17.5. The van der Waals surface area contributed by atoms with Crippen LogP contribution in [0.5, 0.6) is 0 Å². The van der Waals surface area contributed by atoms with Crippen LogP contribution in [0.1, 0.15) is 42.5 Å². The van der Waals surface area contributed by atoms with E-state index in [1.165, 1.54) is 4.90 Å². The lowest BCUT2D eigenvalue weighted by Crippen LogP contribution is -2.58. The van der Waals surface area contributed by atoms with Crippen LogP contribution in [-0.2, 0) is 4.79 Å². The molecule has 0 aliphatic heterocycles. The van der Waals surface area contributed by atoms with Gasteiger partial charge in [-0.25, -0.2) is 4.79 Å². The van der Waals surface area contributed by atoms with Gasteiger partial charge in [0.15, 0.2) is 0 Å². The Hall–Kier alpha value is -2.33. The van der Waals surface area contributed by atoms with Crippen LogP contribution >= 0.6 is 11.6 Å². The summed E-state index contributed by atoms with van der Waals surface area (Å²) < 4.78 is 0. The van der Waals surface area contributed by atoms with Crippen molar-refractivity contribution < 1.29 is 14.7 Å². The molecular formula is C20H20ClNO3. The van der Waals surface area contributed by atoms with E-state index in [2.05, 4.69) is 0 Å². The molecule has 4 nitrogen and oxygen atoms in total. The van der Waals surface area contributed by atoms with Crippen LogP contribution in [0.2, 0.25) is 5.02 Å². The fourth-order valence-electron chi connectivity index (χ4n) is 3.56. The quantitative estimate of drug-likeness (QED) is 0.857. The summed E-state index contributed by atoms with van der Waals surface area (Å²) in [5.41, 5.74) is -0.238. The number of hydrogen-bond acceptors (Lipinski definition) is 2. The Kier molecular flexibility index (Phi) is 5.09.